The van der Waals surface area contributed by atoms with Crippen molar-refractivity contribution >= 4 is 11.3 Å². The van der Waals surface area contributed by atoms with E-state index in [0.29, 0.717) is 0 Å². The number of nitrogens with zero attached hydrogens (tertiary/aromatic N) is 2. The van der Waals surface area contributed by atoms with Gasteiger partial charge in [0.1, 0.15) is 0 Å². The second kappa shape index (κ2) is 4.86. The van der Waals surface area contributed by atoms with Crippen LogP contribution in [0.3, 0.4) is 0 Å². The van der Waals surface area contributed by atoms with Gasteiger partial charge in [-0.05, 0) is 31.7 Å². The highest BCUT2D eigenvalue weighted by Crippen LogP contribution is 2.29. The molecule has 1 aliphatic carbocycles. The zero-order valence-corrected chi connectivity index (χ0v) is 11.4. The lowest BCUT2D eigenvalue weighted by Crippen LogP contribution is -1.98. The van der Waals surface area contributed by atoms with Gasteiger partial charge in [0.15, 0.2) is 0 Å². The Hall–Kier alpha value is -1.13. The van der Waals surface area contributed by atoms with Crippen molar-refractivity contribution in [3.8, 4) is 0 Å². The number of hydrogen-bond donors (Lipinski definition) is 1. The van der Waals surface area contributed by atoms with E-state index in [9.17, 15) is 5.11 Å². The first-order valence-corrected chi connectivity index (χ1v) is 7.38. The van der Waals surface area contributed by atoms with E-state index in [1.54, 1.807) is 11.3 Å². The minimum absolute atomic E-state index is 0.277. The van der Waals surface area contributed by atoms with Crippen LogP contribution in [0.1, 0.15) is 47.2 Å². The molecule has 0 radical (unpaired) electrons. The average Bonchev–Trinajstić information content (AvgIpc) is 2.88. The van der Waals surface area contributed by atoms with E-state index in [-0.39, 0.29) is 6.10 Å². The van der Waals surface area contributed by atoms with Gasteiger partial charge in [-0.1, -0.05) is 6.42 Å². The van der Waals surface area contributed by atoms with Crippen molar-refractivity contribution in [2.24, 2.45) is 0 Å². The predicted octanol–water partition coefficient (Wildman–Crippen LogP) is 3.06. The van der Waals surface area contributed by atoms with Crippen molar-refractivity contribution in [2.75, 3.05) is 0 Å². The molecule has 18 heavy (non-hydrogen) atoms. The Balaban J connectivity index is 1.84. The van der Waals surface area contributed by atoms with Gasteiger partial charge in [-0.15, -0.1) is 11.3 Å². The molecule has 1 unspecified atom stereocenters. The topological polar surface area (TPSA) is 38.0 Å². The monoisotopic (exact) mass is 262 g/mol. The van der Waals surface area contributed by atoms with E-state index in [4.69, 9.17) is 0 Å². The van der Waals surface area contributed by atoms with E-state index in [0.717, 1.165) is 42.1 Å². The summed E-state index contributed by atoms with van der Waals surface area (Å²) in [5.41, 5.74) is 3.54. The van der Waals surface area contributed by atoms with Crippen molar-refractivity contribution < 1.29 is 5.11 Å². The Kier molecular flexibility index (Phi) is 3.22. The summed E-state index contributed by atoms with van der Waals surface area (Å²) in [5.74, 6) is 0. The SMILES string of the molecule is Cc1nc(Cn2cc3c(c2)C(O)CCCC3)cs1. The van der Waals surface area contributed by atoms with Crippen molar-refractivity contribution in [3.05, 3.63) is 39.6 Å². The van der Waals surface area contributed by atoms with Crippen LogP contribution in [-0.4, -0.2) is 14.7 Å². The molecule has 3 nitrogen and oxygen atoms in total. The second-order valence-electron chi connectivity index (χ2n) is 5.03. The first-order valence-electron chi connectivity index (χ1n) is 6.50. The molecule has 0 spiro atoms. The van der Waals surface area contributed by atoms with Crippen molar-refractivity contribution in [1.29, 1.82) is 0 Å². The molecule has 1 atom stereocenters. The minimum atomic E-state index is -0.277. The third-order valence-corrected chi connectivity index (χ3v) is 4.36. The largest absolute Gasteiger partial charge is 0.388 e. The van der Waals surface area contributed by atoms with E-state index < -0.39 is 0 Å². The molecule has 3 rings (SSSR count). The van der Waals surface area contributed by atoms with Gasteiger partial charge in [-0.3, -0.25) is 0 Å². The number of fused-ring (bicyclic) bond motifs is 1. The molecule has 2 heterocycles. The molecule has 2 aromatic heterocycles. The standard InChI is InChI=1S/C14H18N2OS/c1-10-15-12(9-18-10)7-16-6-11-4-2-3-5-14(17)13(11)8-16/h6,8-9,14,17H,2-5,7H2,1H3. The molecule has 0 fully saturated rings. The summed E-state index contributed by atoms with van der Waals surface area (Å²) in [5, 5.41) is 13.3. The molecule has 1 N–H and O–H groups in total. The molecule has 0 bridgehead atoms. The molecule has 96 valence electrons. The lowest BCUT2D eigenvalue weighted by Gasteiger charge is -2.06. The maximum absolute atomic E-state index is 10.1. The van der Waals surface area contributed by atoms with Gasteiger partial charge in [0.2, 0.25) is 0 Å². The number of aliphatic hydroxyl groups excluding tert-OH is 1. The molecule has 1 aliphatic rings. The van der Waals surface area contributed by atoms with Gasteiger partial charge in [-0.2, -0.15) is 0 Å². The van der Waals surface area contributed by atoms with E-state index >= 15 is 0 Å². The summed E-state index contributed by atoms with van der Waals surface area (Å²) in [6.45, 7) is 2.84. The van der Waals surface area contributed by atoms with E-state index in [1.807, 2.05) is 6.92 Å². The molecule has 0 aliphatic heterocycles. The summed E-state index contributed by atoms with van der Waals surface area (Å²) < 4.78 is 2.16. The van der Waals surface area contributed by atoms with Crippen molar-refractivity contribution in [1.82, 2.24) is 9.55 Å². The average molecular weight is 262 g/mol. The first-order chi connectivity index (χ1) is 8.72. The highest BCUT2D eigenvalue weighted by molar-refractivity contribution is 7.09. The van der Waals surface area contributed by atoms with Crippen LogP contribution in [0.15, 0.2) is 17.8 Å². The van der Waals surface area contributed by atoms with Gasteiger partial charge in [0, 0.05) is 23.3 Å². The number of rotatable bonds is 2. The van der Waals surface area contributed by atoms with Crippen molar-refractivity contribution in [3.63, 3.8) is 0 Å². The molecule has 0 saturated heterocycles. The summed E-state index contributed by atoms with van der Waals surface area (Å²) in [7, 11) is 0. The normalized spacial score (nSPS) is 19.6. The molecular formula is C14H18N2OS. The summed E-state index contributed by atoms with van der Waals surface area (Å²) in [4.78, 5) is 4.48. The van der Waals surface area contributed by atoms with Crippen LogP contribution in [0.2, 0.25) is 0 Å². The number of hydrogen-bond acceptors (Lipinski definition) is 3. The third kappa shape index (κ3) is 2.35. The van der Waals surface area contributed by atoms with Gasteiger partial charge < -0.3 is 9.67 Å². The summed E-state index contributed by atoms with van der Waals surface area (Å²) in [6.07, 6.45) is 8.30. The molecule has 0 aromatic carbocycles. The smallest absolute Gasteiger partial charge is 0.0898 e. The fraction of sp³-hybridized carbons (Fsp3) is 0.500. The molecular weight excluding hydrogens is 244 g/mol. The van der Waals surface area contributed by atoms with Gasteiger partial charge >= 0.3 is 0 Å². The quantitative estimate of drug-likeness (QED) is 0.845. The number of aromatic nitrogens is 2. The van der Waals surface area contributed by atoms with Crippen molar-refractivity contribution in [2.45, 2.75) is 45.3 Å². The molecule has 2 aromatic rings. The Bertz CT molecular complexity index is 544. The number of aryl methyl sites for hydroxylation is 2. The second-order valence-corrected chi connectivity index (χ2v) is 6.09. The zero-order chi connectivity index (χ0) is 12.5. The highest BCUT2D eigenvalue weighted by Gasteiger charge is 2.18. The summed E-state index contributed by atoms with van der Waals surface area (Å²) in [6, 6.07) is 0. The third-order valence-electron chi connectivity index (χ3n) is 3.54. The van der Waals surface area contributed by atoms with Crippen LogP contribution in [0.5, 0.6) is 0 Å². The van der Waals surface area contributed by atoms with E-state index in [1.165, 1.54) is 12.0 Å². The van der Waals surface area contributed by atoms with Crippen LogP contribution in [0.4, 0.5) is 0 Å². The van der Waals surface area contributed by atoms with E-state index in [2.05, 4.69) is 27.3 Å². The van der Waals surface area contributed by atoms with Crippen LogP contribution in [0, 0.1) is 6.92 Å². The molecule has 0 saturated carbocycles. The lowest BCUT2D eigenvalue weighted by molar-refractivity contribution is 0.166. The van der Waals surface area contributed by atoms with Crippen LogP contribution >= 0.6 is 11.3 Å². The maximum atomic E-state index is 10.1. The number of aliphatic hydroxyl groups is 1. The fourth-order valence-electron chi connectivity index (χ4n) is 2.65. The summed E-state index contributed by atoms with van der Waals surface area (Å²) >= 11 is 1.69. The minimum Gasteiger partial charge on any atom is -0.388 e. The van der Waals surface area contributed by atoms with Crippen LogP contribution < -0.4 is 0 Å². The van der Waals surface area contributed by atoms with Gasteiger partial charge in [0.05, 0.1) is 23.4 Å². The Morgan fingerprint density at radius 1 is 1.44 bits per heavy atom. The zero-order valence-electron chi connectivity index (χ0n) is 10.6. The Morgan fingerprint density at radius 2 is 2.33 bits per heavy atom. The molecule has 0 amide bonds. The fourth-order valence-corrected chi connectivity index (χ4v) is 3.25. The number of thiazole rings is 1. The van der Waals surface area contributed by atoms with Gasteiger partial charge in [0.25, 0.3) is 0 Å². The molecule has 4 heteroatoms. The lowest BCUT2D eigenvalue weighted by atomic mass is 10.1. The van der Waals surface area contributed by atoms with Crippen LogP contribution in [-0.2, 0) is 13.0 Å². The Morgan fingerprint density at radius 3 is 3.11 bits per heavy atom. The highest BCUT2D eigenvalue weighted by atomic mass is 32.1. The first kappa shape index (κ1) is 11.9. The van der Waals surface area contributed by atoms with Gasteiger partial charge in [-0.25, -0.2) is 4.98 Å². The van der Waals surface area contributed by atoms with Crippen LogP contribution in [0.25, 0.3) is 0 Å². The maximum Gasteiger partial charge on any atom is 0.0898 e. The Labute approximate surface area is 111 Å². The predicted molar refractivity (Wildman–Crippen MR) is 72.9 cm³/mol.